The zero-order chi connectivity index (χ0) is 13.8. The Morgan fingerprint density at radius 2 is 2.00 bits per heavy atom. The van der Waals surface area contributed by atoms with Crippen LogP contribution in [-0.2, 0) is 0 Å². The van der Waals surface area contributed by atoms with Crippen LogP contribution >= 0.6 is 15.9 Å². The number of hydrogen-bond donors (Lipinski definition) is 1. The van der Waals surface area contributed by atoms with Crippen molar-refractivity contribution in [3.05, 3.63) is 63.6 Å². The minimum Gasteiger partial charge on any atom is -0.321 e. The zero-order valence-corrected chi connectivity index (χ0v) is 11.9. The van der Waals surface area contributed by atoms with Gasteiger partial charge in [-0.2, -0.15) is 5.26 Å². The number of nitrogens with one attached hydrogen (secondary N) is 1. The Balaban J connectivity index is 2.26. The van der Waals surface area contributed by atoms with Gasteiger partial charge in [0.25, 0.3) is 5.91 Å². The molecule has 2 aromatic carbocycles. The lowest BCUT2D eigenvalue weighted by molar-refractivity contribution is 0.102. The van der Waals surface area contributed by atoms with E-state index in [-0.39, 0.29) is 5.91 Å². The number of anilines is 1. The molecule has 0 aliphatic carbocycles. The molecule has 0 atom stereocenters. The predicted molar refractivity (Wildman–Crippen MR) is 78.0 cm³/mol. The summed E-state index contributed by atoms with van der Waals surface area (Å²) in [6.07, 6.45) is 0. The number of para-hydroxylation sites is 1. The molecule has 3 nitrogen and oxygen atoms in total. The molecule has 2 rings (SSSR count). The lowest BCUT2D eigenvalue weighted by atomic mass is 10.1. The fraction of sp³-hybridized carbons (Fsp3) is 0.0667. The molecule has 1 amide bonds. The van der Waals surface area contributed by atoms with Crippen molar-refractivity contribution in [1.29, 1.82) is 5.26 Å². The third-order valence-corrected chi connectivity index (χ3v) is 3.61. The number of nitriles is 1. The standard InChI is InChI=1S/C15H11BrN2O/c1-10-8-11(6-7-13(10)16)15(19)18-14-5-3-2-4-12(14)9-17/h2-8H,1H3,(H,18,19). The summed E-state index contributed by atoms with van der Waals surface area (Å²) in [5.74, 6) is -0.224. The number of carbonyl (C=O) groups is 1. The van der Waals surface area contributed by atoms with Crippen LogP contribution in [0.5, 0.6) is 0 Å². The lowest BCUT2D eigenvalue weighted by Gasteiger charge is -2.08. The van der Waals surface area contributed by atoms with Crippen LogP contribution in [0.2, 0.25) is 0 Å². The van der Waals surface area contributed by atoms with Gasteiger partial charge in [-0.1, -0.05) is 28.1 Å². The largest absolute Gasteiger partial charge is 0.321 e. The maximum absolute atomic E-state index is 12.1. The fourth-order valence-corrected chi connectivity index (χ4v) is 1.92. The second-order valence-corrected chi connectivity index (χ2v) is 4.93. The highest BCUT2D eigenvalue weighted by Crippen LogP contribution is 2.19. The Labute approximate surface area is 120 Å². The molecule has 0 aromatic heterocycles. The molecule has 0 aliphatic rings. The normalized spacial score (nSPS) is 9.74. The van der Waals surface area contributed by atoms with Crippen molar-refractivity contribution >= 4 is 27.5 Å². The van der Waals surface area contributed by atoms with Crippen LogP contribution in [-0.4, -0.2) is 5.91 Å². The van der Waals surface area contributed by atoms with Gasteiger partial charge < -0.3 is 5.32 Å². The smallest absolute Gasteiger partial charge is 0.255 e. The maximum atomic E-state index is 12.1. The van der Waals surface area contributed by atoms with E-state index < -0.39 is 0 Å². The van der Waals surface area contributed by atoms with E-state index in [0.29, 0.717) is 16.8 Å². The summed E-state index contributed by atoms with van der Waals surface area (Å²) >= 11 is 3.39. The van der Waals surface area contributed by atoms with Crippen LogP contribution in [0.25, 0.3) is 0 Å². The maximum Gasteiger partial charge on any atom is 0.255 e. The molecular formula is C15H11BrN2O. The molecule has 0 fully saturated rings. The van der Waals surface area contributed by atoms with E-state index in [2.05, 4.69) is 27.3 Å². The molecule has 2 aromatic rings. The van der Waals surface area contributed by atoms with E-state index in [0.717, 1.165) is 10.0 Å². The van der Waals surface area contributed by atoms with Crippen LogP contribution < -0.4 is 5.32 Å². The van der Waals surface area contributed by atoms with Crippen LogP contribution in [0.15, 0.2) is 46.9 Å². The molecule has 4 heteroatoms. The van der Waals surface area contributed by atoms with Crippen molar-refractivity contribution in [2.24, 2.45) is 0 Å². The van der Waals surface area contributed by atoms with Crippen molar-refractivity contribution < 1.29 is 4.79 Å². The molecule has 0 spiro atoms. The Hall–Kier alpha value is -2.12. The minimum absolute atomic E-state index is 0.224. The Bertz CT molecular complexity index is 674. The SMILES string of the molecule is Cc1cc(C(=O)Nc2ccccc2C#N)ccc1Br. The van der Waals surface area contributed by atoms with E-state index in [1.165, 1.54) is 0 Å². The highest BCUT2D eigenvalue weighted by atomic mass is 79.9. The van der Waals surface area contributed by atoms with E-state index >= 15 is 0 Å². The van der Waals surface area contributed by atoms with Gasteiger partial charge in [0.15, 0.2) is 0 Å². The van der Waals surface area contributed by atoms with Crippen molar-refractivity contribution in [2.45, 2.75) is 6.92 Å². The first kappa shape index (κ1) is 13.3. The van der Waals surface area contributed by atoms with Crippen molar-refractivity contribution in [3.63, 3.8) is 0 Å². The number of hydrogen-bond acceptors (Lipinski definition) is 2. The number of benzene rings is 2. The number of amides is 1. The minimum atomic E-state index is -0.224. The van der Waals surface area contributed by atoms with Gasteiger partial charge in [0.05, 0.1) is 11.3 Å². The summed E-state index contributed by atoms with van der Waals surface area (Å²) < 4.78 is 0.960. The molecule has 1 N–H and O–H groups in total. The second-order valence-electron chi connectivity index (χ2n) is 4.08. The summed E-state index contributed by atoms with van der Waals surface area (Å²) in [6.45, 7) is 1.92. The highest BCUT2D eigenvalue weighted by molar-refractivity contribution is 9.10. The summed E-state index contributed by atoms with van der Waals surface area (Å²) in [5.41, 5.74) is 2.52. The molecule has 19 heavy (non-hydrogen) atoms. The van der Waals surface area contributed by atoms with Gasteiger partial charge in [0.1, 0.15) is 6.07 Å². The molecular weight excluding hydrogens is 304 g/mol. The highest BCUT2D eigenvalue weighted by Gasteiger charge is 2.09. The van der Waals surface area contributed by atoms with Gasteiger partial charge in [-0.3, -0.25) is 4.79 Å². The molecule has 0 saturated heterocycles. The van der Waals surface area contributed by atoms with Crippen LogP contribution in [0.3, 0.4) is 0 Å². The summed E-state index contributed by atoms with van der Waals surface area (Å²) in [5, 5.41) is 11.7. The summed E-state index contributed by atoms with van der Waals surface area (Å²) in [6, 6.07) is 14.3. The predicted octanol–water partition coefficient (Wildman–Crippen LogP) is 3.88. The first-order chi connectivity index (χ1) is 9.11. The van der Waals surface area contributed by atoms with Crippen molar-refractivity contribution in [2.75, 3.05) is 5.32 Å². The van der Waals surface area contributed by atoms with Gasteiger partial charge in [-0.15, -0.1) is 0 Å². The first-order valence-electron chi connectivity index (χ1n) is 5.68. The van der Waals surface area contributed by atoms with Crippen LogP contribution in [0, 0.1) is 18.3 Å². The van der Waals surface area contributed by atoms with E-state index in [4.69, 9.17) is 5.26 Å². The van der Waals surface area contributed by atoms with Gasteiger partial charge >= 0.3 is 0 Å². The zero-order valence-electron chi connectivity index (χ0n) is 10.3. The van der Waals surface area contributed by atoms with E-state index in [1.807, 2.05) is 13.0 Å². The number of halogens is 1. The van der Waals surface area contributed by atoms with Crippen molar-refractivity contribution in [3.8, 4) is 6.07 Å². The molecule has 0 bridgehead atoms. The number of carbonyl (C=O) groups excluding carboxylic acids is 1. The quantitative estimate of drug-likeness (QED) is 0.914. The monoisotopic (exact) mass is 314 g/mol. The van der Waals surface area contributed by atoms with Crippen LogP contribution in [0.4, 0.5) is 5.69 Å². The molecule has 0 saturated carbocycles. The topological polar surface area (TPSA) is 52.9 Å². The third-order valence-electron chi connectivity index (χ3n) is 2.72. The molecule has 0 aliphatic heterocycles. The Morgan fingerprint density at radius 1 is 1.26 bits per heavy atom. The Kier molecular flexibility index (Phi) is 3.98. The van der Waals surface area contributed by atoms with E-state index in [9.17, 15) is 4.79 Å². The second kappa shape index (κ2) is 5.68. The number of aryl methyl sites for hydroxylation is 1. The van der Waals surface area contributed by atoms with Gasteiger partial charge in [-0.05, 0) is 42.8 Å². The molecule has 0 radical (unpaired) electrons. The molecule has 0 heterocycles. The van der Waals surface area contributed by atoms with Gasteiger partial charge in [-0.25, -0.2) is 0 Å². The van der Waals surface area contributed by atoms with Gasteiger partial charge in [0, 0.05) is 10.0 Å². The average Bonchev–Trinajstić information content (AvgIpc) is 2.42. The molecule has 94 valence electrons. The first-order valence-corrected chi connectivity index (χ1v) is 6.48. The summed E-state index contributed by atoms with van der Waals surface area (Å²) in [7, 11) is 0. The lowest BCUT2D eigenvalue weighted by Crippen LogP contribution is -2.13. The van der Waals surface area contributed by atoms with Gasteiger partial charge in [0.2, 0.25) is 0 Å². The number of rotatable bonds is 2. The Morgan fingerprint density at radius 3 is 2.68 bits per heavy atom. The van der Waals surface area contributed by atoms with E-state index in [1.54, 1.807) is 36.4 Å². The molecule has 0 unspecified atom stereocenters. The third kappa shape index (κ3) is 3.01. The fourth-order valence-electron chi connectivity index (χ4n) is 1.67. The average molecular weight is 315 g/mol. The summed E-state index contributed by atoms with van der Waals surface area (Å²) in [4.78, 5) is 12.1. The van der Waals surface area contributed by atoms with Crippen LogP contribution in [0.1, 0.15) is 21.5 Å². The number of nitrogens with zero attached hydrogens (tertiary/aromatic N) is 1. The van der Waals surface area contributed by atoms with Crippen molar-refractivity contribution in [1.82, 2.24) is 0 Å².